The third-order valence-corrected chi connectivity index (χ3v) is 2.14. The smallest absolute Gasteiger partial charge is 0.401 e. The van der Waals surface area contributed by atoms with Gasteiger partial charge in [-0.1, -0.05) is 12.1 Å². The van der Waals surface area contributed by atoms with Crippen LogP contribution in [0.4, 0.5) is 13.2 Å². The largest absolute Gasteiger partial charge is 0.508 e. The van der Waals surface area contributed by atoms with E-state index in [4.69, 9.17) is 5.11 Å². The fourth-order valence-corrected chi connectivity index (χ4v) is 1.52. The summed E-state index contributed by atoms with van der Waals surface area (Å²) in [7, 11) is 0. The van der Waals surface area contributed by atoms with Gasteiger partial charge in [-0.05, 0) is 17.7 Å². The summed E-state index contributed by atoms with van der Waals surface area (Å²) in [5, 5.41) is 17.9. The van der Waals surface area contributed by atoms with E-state index < -0.39 is 12.7 Å². The van der Waals surface area contributed by atoms with E-state index in [2.05, 4.69) is 0 Å². The summed E-state index contributed by atoms with van der Waals surface area (Å²) in [6, 6.07) is 6.04. The van der Waals surface area contributed by atoms with Crippen molar-refractivity contribution in [3.63, 3.8) is 0 Å². The molecule has 0 amide bonds. The van der Waals surface area contributed by atoms with E-state index in [0.717, 1.165) is 4.90 Å². The normalized spacial score (nSPS) is 12.1. The maximum absolute atomic E-state index is 12.2. The summed E-state index contributed by atoms with van der Waals surface area (Å²) < 4.78 is 36.7. The molecule has 17 heavy (non-hydrogen) atoms. The van der Waals surface area contributed by atoms with Crippen LogP contribution in [0.15, 0.2) is 24.3 Å². The van der Waals surface area contributed by atoms with Crippen LogP contribution in [-0.2, 0) is 6.54 Å². The number of aliphatic hydroxyl groups excluding tert-OH is 1. The zero-order valence-corrected chi connectivity index (χ0v) is 9.11. The monoisotopic (exact) mass is 249 g/mol. The van der Waals surface area contributed by atoms with Crippen LogP contribution in [0.1, 0.15) is 5.56 Å². The third-order valence-electron chi connectivity index (χ3n) is 2.14. The first kappa shape index (κ1) is 13.8. The number of aromatic hydroxyl groups is 1. The summed E-state index contributed by atoms with van der Waals surface area (Å²) in [6.07, 6.45) is -4.30. The molecule has 0 aromatic heterocycles. The lowest BCUT2D eigenvalue weighted by Crippen LogP contribution is -2.35. The molecule has 1 rings (SSSR count). The van der Waals surface area contributed by atoms with Gasteiger partial charge in [0.2, 0.25) is 0 Å². The predicted octanol–water partition coefficient (Wildman–Crippen LogP) is 1.75. The molecule has 0 heterocycles. The number of aliphatic hydroxyl groups is 1. The van der Waals surface area contributed by atoms with Gasteiger partial charge in [0, 0.05) is 13.1 Å². The van der Waals surface area contributed by atoms with Gasteiger partial charge >= 0.3 is 6.18 Å². The Kier molecular flexibility index (Phi) is 4.77. The summed E-state index contributed by atoms with van der Waals surface area (Å²) in [4.78, 5) is 1.08. The van der Waals surface area contributed by atoms with Crippen molar-refractivity contribution in [1.82, 2.24) is 4.90 Å². The van der Waals surface area contributed by atoms with Crippen LogP contribution in [0.25, 0.3) is 0 Å². The molecule has 0 unspecified atom stereocenters. The zero-order chi connectivity index (χ0) is 12.9. The van der Waals surface area contributed by atoms with Gasteiger partial charge in [0.05, 0.1) is 13.2 Å². The Bertz CT molecular complexity index is 355. The molecular formula is C11H14F3NO2. The minimum Gasteiger partial charge on any atom is -0.508 e. The van der Waals surface area contributed by atoms with Crippen LogP contribution in [0.3, 0.4) is 0 Å². The van der Waals surface area contributed by atoms with Gasteiger partial charge in [-0.3, -0.25) is 4.90 Å². The Labute approximate surface area is 97.1 Å². The molecule has 0 saturated heterocycles. The van der Waals surface area contributed by atoms with E-state index in [0.29, 0.717) is 5.56 Å². The van der Waals surface area contributed by atoms with Crippen LogP contribution in [0, 0.1) is 0 Å². The molecule has 0 spiro atoms. The molecule has 2 N–H and O–H groups in total. The number of rotatable bonds is 5. The Balaban J connectivity index is 2.66. The summed E-state index contributed by atoms with van der Waals surface area (Å²) in [5.74, 6) is 0.0125. The fraction of sp³-hybridized carbons (Fsp3) is 0.455. The number of hydrogen-bond acceptors (Lipinski definition) is 3. The van der Waals surface area contributed by atoms with Crippen LogP contribution in [0.2, 0.25) is 0 Å². The molecule has 0 aliphatic rings. The third kappa shape index (κ3) is 5.55. The van der Waals surface area contributed by atoms with Crippen LogP contribution in [-0.4, -0.2) is 41.0 Å². The zero-order valence-electron chi connectivity index (χ0n) is 9.11. The van der Waals surface area contributed by atoms with Crippen molar-refractivity contribution in [3.05, 3.63) is 29.8 Å². The lowest BCUT2D eigenvalue weighted by atomic mass is 10.2. The van der Waals surface area contributed by atoms with E-state index >= 15 is 0 Å². The lowest BCUT2D eigenvalue weighted by molar-refractivity contribution is -0.147. The minimum atomic E-state index is -4.30. The highest BCUT2D eigenvalue weighted by atomic mass is 19.4. The first-order valence-corrected chi connectivity index (χ1v) is 5.08. The standard InChI is InChI=1S/C11H14F3NO2/c12-11(13,14)8-15(4-5-16)7-9-2-1-3-10(17)6-9/h1-3,6,16-17H,4-5,7-8H2. The molecule has 0 fully saturated rings. The van der Waals surface area contributed by atoms with Crippen molar-refractivity contribution in [2.24, 2.45) is 0 Å². The maximum atomic E-state index is 12.2. The Morgan fingerprint density at radius 2 is 1.94 bits per heavy atom. The van der Waals surface area contributed by atoms with Crippen LogP contribution < -0.4 is 0 Å². The second-order valence-electron chi connectivity index (χ2n) is 3.72. The van der Waals surface area contributed by atoms with Crippen molar-refractivity contribution in [2.45, 2.75) is 12.7 Å². The molecule has 96 valence electrons. The van der Waals surface area contributed by atoms with E-state index in [9.17, 15) is 18.3 Å². The van der Waals surface area contributed by atoms with Gasteiger partial charge < -0.3 is 10.2 Å². The first-order valence-electron chi connectivity index (χ1n) is 5.08. The topological polar surface area (TPSA) is 43.7 Å². The number of hydrogen-bond donors (Lipinski definition) is 2. The average molecular weight is 249 g/mol. The summed E-state index contributed by atoms with van der Waals surface area (Å²) in [5.41, 5.74) is 0.572. The number of alkyl halides is 3. The van der Waals surface area contributed by atoms with E-state index in [-0.39, 0.29) is 25.4 Å². The van der Waals surface area contributed by atoms with Gasteiger partial charge in [-0.25, -0.2) is 0 Å². The number of halogens is 3. The molecule has 0 bridgehead atoms. The summed E-state index contributed by atoms with van der Waals surface area (Å²) in [6.45, 7) is -1.44. The predicted molar refractivity (Wildman–Crippen MR) is 56.5 cm³/mol. The number of benzene rings is 1. The number of phenolic OH excluding ortho intramolecular Hbond substituents is 1. The van der Waals surface area contributed by atoms with E-state index in [1.54, 1.807) is 12.1 Å². The number of nitrogens with zero attached hydrogens (tertiary/aromatic N) is 1. The molecule has 3 nitrogen and oxygen atoms in total. The molecule has 0 aliphatic carbocycles. The molecule has 0 atom stereocenters. The molecule has 1 aromatic carbocycles. The average Bonchev–Trinajstić information content (AvgIpc) is 2.15. The second kappa shape index (κ2) is 5.88. The van der Waals surface area contributed by atoms with Crippen molar-refractivity contribution in [1.29, 1.82) is 0 Å². The molecule has 1 aromatic rings. The van der Waals surface area contributed by atoms with Crippen molar-refractivity contribution >= 4 is 0 Å². The molecule has 6 heteroatoms. The maximum Gasteiger partial charge on any atom is 0.401 e. The van der Waals surface area contributed by atoms with Crippen molar-refractivity contribution < 1.29 is 23.4 Å². The van der Waals surface area contributed by atoms with Gasteiger partial charge in [0.25, 0.3) is 0 Å². The molecule has 0 aliphatic heterocycles. The highest BCUT2D eigenvalue weighted by Crippen LogP contribution is 2.19. The van der Waals surface area contributed by atoms with E-state index in [1.165, 1.54) is 12.1 Å². The first-order chi connectivity index (χ1) is 7.90. The quantitative estimate of drug-likeness (QED) is 0.835. The Morgan fingerprint density at radius 1 is 1.24 bits per heavy atom. The lowest BCUT2D eigenvalue weighted by Gasteiger charge is -2.22. The number of phenols is 1. The van der Waals surface area contributed by atoms with Crippen LogP contribution >= 0.6 is 0 Å². The Morgan fingerprint density at radius 3 is 2.47 bits per heavy atom. The molecule has 0 radical (unpaired) electrons. The SMILES string of the molecule is OCCN(Cc1cccc(O)c1)CC(F)(F)F. The van der Waals surface area contributed by atoms with Gasteiger partial charge in [0.15, 0.2) is 0 Å². The molecular weight excluding hydrogens is 235 g/mol. The Hall–Kier alpha value is -1.27. The highest BCUT2D eigenvalue weighted by Gasteiger charge is 2.30. The van der Waals surface area contributed by atoms with Crippen LogP contribution in [0.5, 0.6) is 5.75 Å². The molecule has 0 saturated carbocycles. The van der Waals surface area contributed by atoms with Gasteiger partial charge in [0.1, 0.15) is 5.75 Å². The van der Waals surface area contributed by atoms with Gasteiger partial charge in [-0.2, -0.15) is 13.2 Å². The minimum absolute atomic E-state index is 0.0125. The second-order valence-corrected chi connectivity index (χ2v) is 3.72. The van der Waals surface area contributed by atoms with Gasteiger partial charge in [-0.15, -0.1) is 0 Å². The summed E-state index contributed by atoms with van der Waals surface area (Å²) >= 11 is 0. The fourth-order valence-electron chi connectivity index (χ4n) is 1.52. The highest BCUT2D eigenvalue weighted by molar-refractivity contribution is 5.26. The van der Waals surface area contributed by atoms with Crippen molar-refractivity contribution in [2.75, 3.05) is 19.7 Å². The van der Waals surface area contributed by atoms with Crippen molar-refractivity contribution in [3.8, 4) is 5.75 Å². The van der Waals surface area contributed by atoms with E-state index in [1.807, 2.05) is 0 Å².